The van der Waals surface area contributed by atoms with E-state index in [1.54, 1.807) is 0 Å². The fourth-order valence-electron chi connectivity index (χ4n) is 3.41. The molecule has 2 amide bonds. The van der Waals surface area contributed by atoms with E-state index in [2.05, 4.69) is 20.6 Å². The number of fused-ring (bicyclic) bond motifs is 1. The Balaban J connectivity index is 1.31. The average molecular weight is 326 g/mol. The Labute approximate surface area is 140 Å². The number of hydrogen-bond acceptors (Lipinski definition) is 3. The van der Waals surface area contributed by atoms with Crippen molar-refractivity contribution in [1.82, 2.24) is 20.6 Å². The Morgan fingerprint density at radius 3 is 2.08 bits per heavy atom. The van der Waals surface area contributed by atoms with Crippen LogP contribution in [0.4, 0.5) is 0 Å². The van der Waals surface area contributed by atoms with Gasteiger partial charge in [0.05, 0.1) is 11.0 Å². The maximum atomic E-state index is 11.9. The third-order valence-corrected chi connectivity index (χ3v) is 4.98. The van der Waals surface area contributed by atoms with Gasteiger partial charge in [-0.1, -0.05) is 12.1 Å². The second-order valence-corrected chi connectivity index (χ2v) is 6.91. The number of amides is 2. The molecule has 0 atom stereocenters. The quantitative estimate of drug-likeness (QED) is 0.754. The van der Waals surface area contributed by atoms with Gasteiger partial charge in [0, 0.05) is 18.0 Å². The lowest BCUT2D eigenvalue weighted by Gasteiger charge is -2.27. The Morgan fingerprint density at radius 2 is 1.50 bits per heavy atom. The van der Waals surface area contributed by atoms with Gasteiger partial charge in [-0.25, -0.2) is 4.98 Å². The molecule has 2 saturated carbocycles. The van der Waals surface area contributed by atoms with Crippen LogP contribution in [-0.4, -0.2) is 33.9 Å². The summed E-state index contributed by atoms with van der Waals surface area (Å²) in [5.74, 6) is 0.448. The zero-order chi connectivity index (χ0) is 16.5. The first-order valence-electron chi connectivity index (χ1n) is 8.75. The molecule has 4 rings (SSSR count). The van der Waals surface area contributed by atoms with E-state index in [1.165, 1.54) is 0 Å². The molecule has 1 aromatic heterocycles. The molecule has 0 radical (unpaired) electrons. The molecule has 2 fully saturated rings. The number of benzene rings is 1. The number of aromatic nitrogens is 2. The third kappa shape index (κ3) is 3.27. The number of aromatic amines is 1. The highest BCUT2D eigenvalue weighted by molar-refractivity contribution is 6.35. The summed E-state index contributed by atoms with van der Waals surface area (Å²) in [5.41, 5.74) is 2.07. The minimum Gasteiger partial charge on any atom is -0.345 e. The lowest BCUT2D eigenvalue weighted by atomic mass is 9.85. The Hall–Kier alpha value is -2.37. The lowest BCUT2D eigenvalue weighted by Crippen LogP contribution is -2.46. The van der Waals surface area contributed by atoms with Crippen LogP contribution in [0.3, 0.4) is 0 Å². The van der Waals surface area contributed by atoms with Gasteiger partial charge in [0.2, 0.25) is 0 Å². The molecule has 0 bridgehead atoms. The van der Waals surface area contributed by atoms with Gasteiger partial charge in [-0.15, -0.1) is 0 Å². The van der Waals surface area contributed by atoms with Crippen molar-refractivity contribution in [2.24, 2.45) is 0 Å². The van der Waals surface area contributed by atoms with Gasteiger partial charge in [-0.2, -0.15) is 0 Å². The lowest BCUT2D eigenvalue weighted by molar-refractivity contribution is -0.139. The largest absolute Gasteiger partial charge is 0.345 e. The second kappa shape index (κ2) is 6.26. The molecule has 3 N–H and O–H groups in total. The molecule has 0 aliphatic heterocycles. The third-order valence-electron chi connectivity index (χ3n) is 4.98. The van der Waals surface area contributed by atoms with E-state index in [1.807, 2.05) is 24.3 Å². The molecule has 0 saturated heterocycles. The topological polar surface area (TPSA) is 86.9 Å². The number of rotatable bonds is 3. The zero-order valence-electron chi connectivity index (χ0n) is 13.5. The molecule has 126 valence electrons. The first kappa shape index (κ1) is 15.2. The normalized spacial score (nSPS) is 23.8. The molecule has 2 aromatic rings. The van der Waals surface area contributed by atoms with E-state index in [4.69, 9.17) is 0 Å². The number of carbonyl (C=O) groups is 2. The maximum absolute atomic E-state index is 11.9. The highest BCUT2D eigenvalue weighted by Gasteiger charge is 2.29. The van der Waals surface area contributed by atoms with Crippen molar-refractivity contribution in [3.05, 3.63) is 30.1 Å². The molecule has 0 spiro atoms. The molecular formula is C18H22N4O2. The smallest absolute Gasteiger partial charge is 0.309 e. The first-order chi connectivity index (χ1) is 11.7. The Bertz CT molecular complexity index is 724. The van der Waals surface area contributed by atoms with Crippen molar-refractivity contribution in [2.45, 2.75) is 56.5 Å². The van der Waals surface area contributed by atoms with Crippen molar-refractivity contribution >= 4 is 22.8 Å². The van der Waals surface area contributed by atoms with E-state index in [9.17, 15) is 9.59 Å². The van der Waals surface area contributed by atoms with Crippen LogP contribution in [0.2, 0.25) is 0 Å². The second-order valence-electron chi connectivity index (χ2n) is 6.91. The monoisotopic (exact) mass is 326 g/mol. The van der Waals surface area contributed by atoms with E-state index >= 15 is 0 Å². The fraction of sp³-hybridized carbons (Fsp3) is 0.500. The number of carbonyl (C=O) groups excluding carboxylic acids is 2. The molecular weight excluding hydrogens is 304 g/mol. The Morgan fingerprint density at radius 1 is 0.917 bits per heavy atom. The summed E-state index contributed by atoms with van der Waals surface area (Å²) in [6.07, 6.45) is 5.67. The summed E-state index contributed by atoms with van der Waals surface area (Å²) in [4.78, 5) is 31.7. The molecule has 1 heterocycles. The van der Waals surface area contributed by atoms with Crippen LogP contribution in [0.5, 0.6) is 0 Å². The van der Waals surface area contributed by atoms with E-state index in [0.717, 1.165) is 55.4 Å². The molecule has 24 heavy (non-hydrogen) atoms. The van der Waals surface area contributed by atoms with Crippen LogP contribution in [0, 0.1) is 0 Å². The summed E-state index contributed by atoms with van der Waals surface area (Å²) in [7, 11) is 0. The predicted octanol–water partition coefficient (Wildman–Crippen LogP) is 1.98. The molecule has 2 aliphatic rings. The predicted molar refractivity (Wildman–Crippen MR) is 90.4 cm³/mol. The van der Waals surface area contributed by atoms with Gasteiger partial charge in [-0.3, -0.25) is 9.59 Å². The maximum Gasteiger partial charge on any atom is 0.309 e. The SMILES string of the molecule is O=C(NC1CC1)C(=O)NC1CCC(c2nc3ccccc3[nH]2)CC1. The molecule has 1 aromatic carbocycles. The number of nitrogens with zero attached hydrogens (tertiary/aromatic N) is 1. The van der Waals surface area contributed by atoms with Crippen molar-refractivity contribution in [2.75, 3.05) is 0 Å². The fourth-order valence-corrected chi connectivity index (χ4v) is 3.41. The van der Waals surface area contributed by atoms with Gasteiger partial charge in [0.1, 0.15) is 5.82 Å². The number of nitrogens with one attached hydrogen (secondary N) is 3. The molecule has 6 heteroatoms. The highest BCUT2D eigenvalue weighted by Crippen LogP contribution is 2.32. The van der Waals surface area contributed by atoms with Gasteiger partial charge in [-0.05, 0) is 50.7 Å². The van der Waals surface area contributed by atoms with E-state index in [0.29, 0.717) is 5.92 Å². The van der Waals surface area contributed by atoms with Gasteiger partial charge in [0.15, 0.2) is 0 Å². The van der Waals surface area contributed by atoms with Crippen molar-refractivity contribution in [1.29, 1.82) is 0 Å². The van der Waals surface area contributed by atoms with Crippen LogP contribution in [0.25, 0.3) is 11.0 Å². The average Bonchev–Trinajstić information content (AvgIpc) is 3.30. The zero-order valence-corrected chi connectivity index (χ0v) is 13.5. The van der Waals surface area contributed by atoms with Crippen LogP contribution in [0.15, 0.2) is 24.3 Å². The van der Waals surface area contributed by atoms with Crippen molar-refractivity contribution in [3.63, 3.8) is 0 Å². The standard InChI is InChI=1S/C18H22N4O2/c23-17(18(24)20-13-9-10-13)19-12-7-5-11(6-8-12)16-21-14-3-1-2-4-15(14)22-16/h1-4,11-13H,5-10H2,(H,19,23)(H,20,24)(H,21,22). The number of para-hydroxylation sites is 2. The van der Waals surface area contributed by atoms with Crippen LogP contribution in [-0.2, 0) is 9.59 Å². The van der Waals surface area contributed by atoms with Crippen LogP contribution in [0.1, 0.15) is 50.3 Å². The minimum atomic E-state index is -0.492. The first-order valence-corrected chi connectivity index (χ1v) is 8.75. The van der Waals surface area contributed by atoms with Crippen LogP contribution >= 0.6 is 0 Å². The molecule has 2 aliphatic carbocycles. The highest BCUT2D eigenvalue weighted by atomic mass is 16.2. The van der Waals surface area contributed by atoms with Gasteiger partial charge in [0.25, 0.3) is 0 Å². The van der Waals surface area contributed by atoms with E-state index in [-0.39, 0.29) is 12.1 Å². The summed E-state index contributed by atoms with van der Waals surface area (Å²) in [6.45, 7) is 0. The minimum absolute atomic E-state index is 0.0862. The van der Waals surface area contributed by atoms with Crippen molar-refractivity contribution < 1.29 is 9.59 Å². The molecule has 0 unspecified atom stereocenters. The van der Waals surface area contributed by atoms with Crippen molar-refractivity contribution in [3.8, 4) is 0 Å². The Kier molecular flexibility index (Phi) is 3.96. The number of H-pyrrole nitrogens is 1. The van der Waals surface area contributed by atoms with Crippen LogP contribution < -0.4 is 10.6 Å². The summed E-state index contributed by atoms with van der Waals surface area (Å²) < 4.78 is 0. The van der Waals surface area contributed by atoms with E-state index < -0.39 is 11.8 Å². The molecule has 6 nitrogen and oxygen atoms in total. The summed E-state index contributed by atoms with van der Waals surface area (Å²) >= 11 is 0. The van der Waals surface area contributed by atoms with Gasteiger partial charge < -0.3 is 15.6 Å². The van der Waals surface area contributed by atoms with Gasteiger partial charge >= 0.3 is 11.8 Å². The summed E-state index contributed by atoms with van der Waals surface area (Å²) in [6, 6.07) is 8.35. The summed E-state index contributed by atoms with van der Waals surface area (Å²) in [5, 5.41) is 5.60. The number of hydrogen-bond donors (Lipinski definition) is 3. The number of imidazole rings is 1.